The number of rotatable bonds is 8. The third-order valence-corrected chi connectivity index (χ3v) is 3.27. The maximum absolute atomic E-state index is 11.9. The van der Waals surface area contributed by atoms with Gasteiger partial charge in [0.05, 0.1) is 18.5 Å². The second-order valence-corrected chi connectivity index (χ2v) is 5.15. The molecule has 1 aromatic carbocycles. The number of primary amides is 1. The van der Waals surface area contributed by atoms with E-state index in [-0.39, 0.29) is 24.3 Å². The van der Waals surface area contributed by atoms with Gasteiger partial charge in [-0.25, -0.2) is 0 Å². The van der Waals surface area contributed by atoms with Crippen LogP contribution >= 0.6 is 0 Å². The van der Waals surface area contributed by atoms with Gasteiger partial charge in [-0.3, -0.25) is 9.59 Å². The van der Waals surface area contributed by atoms with E-state index in [0.29, 0.717) is 13.0 Å². The van der Waals surface area contributed by atoms with Gasteiger partial charge in [-0.15, -0.1) is 0 Å². The van der Waals surface area contributed by atoms with Crippen molar-refractivity contribution in [2.75, 3.05) is 6.54 Å². The topological polar surface area (TPSA) is 124 Å². The molecule has 0 aliphatic heterocycles. The van der Waals surface area contributed by atoms with Crippen LogP contribution in [0.4, 0.5) is 0 Å². The average molecular weight is 292 g/mol. The minimum atomic E-state index is -0.537. The van der Waals surface area contributed by atoms with Crippen LogP contribution in [0.5, 0.6) is 0 Å². The summed E-state index contributed by atoms with van der Waals surface area (Å²) in [7, 11) is 0. The lowest BCUT2D eigenvalue weighted by Crippen LogP contribution is -2.41. The molecule has 0 heterocycles. The molecule has 6 nitrogen and oxygen atoms in total. The number of amides is 2. The summed E-state index contributed by atoms with van der Waals surface area (Å²) in [5.41, 5.74) is 18.1. The Morgan fingerprint density at radius 3 is 2.38 bits per heavy atom. The van der Waals surface area contributed by atoms with Gasteiger partial charge in [0, 0.05) is 0 Å². The lowest BCUT2D eigenvalue weighted by molar-refractivity contribution is -0.123. The predicted octanol–water partition coefficient (Wildman–Crippen LogP) is -0.0422. The molecule has 2 amide bonds. The molecular weight excluding hydrogens is 268 g/mol. The molecule has 0 radical (unpaired) electrons. The number of nitrogens with two attached hydrogens (primary N) is 3. The van der Waals surface area contributed by atoms with Crippen molar-refractivity contribution in [1.29, 1.82) is 0 Å². The van der Waals surface area contributed by atoms with E-state index in [2.05, 4.69) is 5.32 Å². The van der Waals surface area contributed by atoms with Crippen molar-refractivity contribution in [2.24, 2.45) is 17.2 Å². The van der Waals surface area contributed by atoms with Gasteiger partial charge in [0.25, 0.3) is 0 Å². The third-order valence-electron chi connectivity index (χ3n) is 3.27. The summed E-state index contributed by atoms with van der Waals surface area (Å²) in [6, 6.07) is 6.71. The summed E-state index contributed by atoms with van der Waals surface area (Å²) in [5, 5.41) is 2.87. The largest absolute Gasteiger partial charge is 0.369 e. The Bertz CT molecular complexity index is 473. The van der Waals surface area contributed by atoms with Gasteiger partial charge in [0.15, 0.2) is 0 Å². The van der Waals surface area contributed by atoms with Crippen LogP contribution in [0.25, 0.3) is 0 Å². The van der Waals surface area contributed by atoms with Crippen LogP contribution in [0.1, 0.15) is 36.9 Å². The molecule has 0 saturated heterocycles. The predicted molar refractivity (Wildman–Crippen MR) is 82.2 cm³/mol. The van der Waals surface area contributed by atoms with Crippen LogP contribution in [0.3, 0.4) is 0 Å². The first-order valence-electron chi connectivity index (χ1n) is 7.07. The van der Waals surface area contributed by atoms with E-state index < -0.39 is 6.04 Å². The van der Waals surface area contributed by atoms with Gasteiger partial charge in [-0.05, 0) is 37.4 Å². The van der Waals surface area contributed by atoms with Crippen molar-refractivity contribution < 1.29 is 9.59 Å². The van der Waals surface area contributed by atoms with E-state index in [4.69, 9.17) is 17.2 Å². The van der Waals surface area contributed by atoms with Crippen LogP contribution in [0, 0.1) is 0 Å². The summed E-state index contributed by atoms with van der Waals surface area (Å²) in [5.74, 6) is -0.549. The number of carbonyl (C=O) groups is 2. The van der Waals surface area contributed by atoms with Crippen molar-refractivity contribution in [1.82, 2.24) is 5.32 Å². The lowest BCUT2D eigenvalue weighted by atomic mass is 10.0. The second kappa shape index (κ2) is 8.39. The Balaban J connectivity index is 2.56. The number of benzene rings is 1. The summed E-state index contributed by atoms with van der Waals surface area (Å²) < 4.78 is 0. The van der Waals surface area contributed by atoms with Gasteiger partial charge in [-0.2, -0.15) is 0 Å². The molecule has 6 heteroatoms. The SMILES string of the molecule is CC(NC(=O)[C@@H](N)CCCN)c1ccc(CC(N)=O)cc1. The molecule has 0 bridgehead atoms. The van der Waals surface area contributed by atoms with Crippen molar-refractivity contribution >= 4 is 11.8 Å². The molecule has 1 unspecified atom stereocenters. The highest BCUT2D eigenvalue weighted by molar-refractivity contribution is 5.81. The maximum Gasteiger partial charge on any atom is 0.237 e. The molecule has 1 rings (SSSR count). The van der Waals surface area contributed by atoms with E-state index >= 15 is 0 Å². The first-order chi connectivity index (χ1) is 9.93. The Labute approximate surface area is 125 Å². The first kappa shape index (κ1) is 17.1. The van der Waals surface area contributed by atoms with E-state index in [9.17, 15) is 9.59 Å². The molecule has 7 N–H and O–H groups in total. The zero-order valence-electron chi connectivity index (χ0n) is 12.3. The van der Waals surface area contributed by atoms with Crippen molar-refractivity contribution in [3.63, 3.8) is 0 Å². The van der Waals surface area contributed by atoms with Gasteiger partial charge >= 0.3 is 0 Å². The molecule has 0 fully saturated rings. The Morgan fingerprint density at radius 1 is 1.24 bits per heavy atom. The molecule has 21 heavy (non-hydrogen) atoms. The van der Waals surface area contributed by atoms with Crippen LogP contribution < -0.4 is 22.5 Å². The third kappa shape index (κ3) is 5.93. The van der Waals surface area contributed by atoms with Gasteiger partial charge in [0.2, 0.25) is 11.8 Å². The van der Waals surface area contributed by atoms with Crippen molar-refractivity contribution in [2.45, 2.75) is 38.3 Å². The molecule has 0 spiro atoms. The monoisotopic (exact) mass is 292 g/mol. The average Bonchev–Trinajstić information content (AvgIpc) is 2.44. The summed E-state index contributed by atoms with van der Waals surface area (Å²) in [4.78, 5) is 22.7. The van der Waals surface area contributed by atoms with Gasteiger partial charge in [0.1, 0.15) is 0 Å². The number of hydrogen-bond acceptors (Lipinski definition) is 4. The minimum absolute atomic E-state index is 0.149. The Kier molecular flexibility index (Phi) is 6.84. The smallest absolute Gasteiger partial charge is 0.237 e. The molecule has 0 aliphatic rings. The van der Waals surface area contributed by atoms with E-state index in [1.54, 1.807) is 0 Å². The summed E-state index contributed by atoms with van der Waals surface area (Å²) in [6.07, 6.45) is 1.52. The fourth-order valence-electron chi connectivity index (χ4n) is 2.00. The molecule has 0 saturated carbocycles. The molecular formula is C15H24N4O2. The highest BCUT2D eigenvalue weighted by Gasteiger charge is 2.16. The van der Waals surface area contributed by atoms with Gasteiger partial charge < -0.3 is 22.5 Å². The second-order valence-electron chi connectivity index (χ2n) is 5.15. The van der Waals surface area contributed by atoms with E-state index in [0.717, 1.165) is 17.5 Å². The quantitative estimate of drug-likeness (QED) is 0.536. The first-order valence-corrected chi connectivity index (χ1v) is 7.07. The standard InChI is InChI=1S/C15H24N4O2/c1-10(19-15(21)13(17)3-2-8-16)12-6-4-11(5-7-12)9-14(18)20/h4-7,10,13H,2-3,8-9,16-17H2,1H3,(H2,18,20)(H,19,21)/t10?,13-/m0/s1. The highest BCUT2D eigenvalue weighted by atomic mass is 16.2. The van der Waals surface area contributed by atoms with Crippen molar-refractivity contribution in [3.05, 3.63) is 35.4 Å². The zero-order valence-corrected chi connectivity index (χ0v) is 12.3. The van der Waals surface area contributed by atoms with Crippen LogP contribution in [-0.4, -0.2) is 24.4 Å². The fourth-order valence-corrected chi connectivity index (χ4v) is 2.00. The minimum Gasteiger partial charge on any atom is -0.369 e. The molecule has 116 valence electrons. The summed E-state index contributed by atoms with van der Waals surface area (Å²) >= 11 is 0. The van der Waals surface area contributed by atoms with Gasteiger partial charge in [-0.1, -0.05) is 24.3 Å². The van der Waals surface area contributed by atoms with Crippen LogP contribution in [0.2, 0.25) is 0 Å². The maximum atomic E-state index is 11.9. The zero-order chi connectivity index (χ0) is 15.8. The van der Waals surface area contributed by atoms with E-state index in [1.165, 1.54) is 0 Å². The summed E-state index contributed by atoms with van der Waals surface area (Å²) in [6.45, 7) is 2.41. The number of hydrogen-bond donors (Lipinski definition) is 4. The van der Waals surface area contributed by atoms with Crippen LogP contribution in [-0.2, 0) is 16.0 Å². The molecule has 0 aromatic heterocycles. The lowest BCUT2D eigenvalue weighted by Gasteiger charge is -2.18. The Hall–Kier alpha value is -1.92. The number of nitrogens with one attached hydrogen (secondary N) is 1. The molecule has 1 aromatic rings. The molecule has 2 atom stereocenters. The normalized spacial score (nSPS) is 13.5. The van der Waals surface area contributed by atoms with Crippen molar-refractivity contribution in [3.8, 4) is 0 Å². The number of carbonyl (C=O) groups excluding carboxylic acids is 2. The highest BCUT2D eigenvalue weighted by Crippen LogP contribution is 2.14. The molecule has 0 aliphatic carbocycles. The van der Waals surface area contributed by atoms with Crippen LogP contribution in [0.15, 0.2) is 24.3 Å². The fraction of sp³-hybridized carbons (Fsp3) is 0.467. The van der Waals surface area contributed by atoms with E-state index in [1.807, 2.05) is 31.2 Å². The Morgan fingerprint density at radius 2 is 1.86 bits per heavy atom.